The Bertz CT molecular complexity index is 1570. The number of alkyl carbamates (subject to hydrolysis) is 1. The Morgan fingerprint density at radius 3 is 2.49 bits per heavy atom. The number of aromatic amines is 1. The van der Waals surface area contributed by atoms with Gasteiger partial charge in [0.1, 0.15) is 11.6 Å². The van der Waals surface area contributed by atoms with Gasteiger partial charge in [-0.2, -0.15) is 5.26 Å². The van der Waals surface area contributed by atoms with Crippen LogP contribution in [0.2, 0.25) is 0 Å². The summed E-state index contributed by atoms with van der Waals surface area (Å²) in [6.07, 6.45) is 3.17. The molecule has 4 aromatic rings. The zero-order valence-electron chi connectivity index (χ0n) is 23.6. The van der Waals surface area contributed by atoms with Gasteiger partial charge in [-0.05, 0) is 62.6 Å². The van der Waals surface area contributed by atoms with Gasteiger partial charge in [-0.15, -0.1) is 0 Å². The second-order valence-electron chi connectivity index (χ2n) is 10.4. The number of anilines is 1. The van der Waals surface area contributed by atoms with Crippen LogP contribution in [0.15, 0.2) is 67.0 Å². The molecule has 0 aliphatic carbocycles. The van der Waals surface area contributed by atoms with E-state index in [4.69, 9.17) is 14.2 Å². The van der Waals surface area contributed by atoms with Crippen molar-refractivity contribution in [3.63, 3.8) is 0 Å². The second-order valence-corrected chi connectivity index (χ2v) is 10.4. The van der Waals surface area contributed by atoms with Crippen molar-refractivity contribution in [1.82, 2.24) is 15.3 Å². The average Bonchev–Trinajstić information content (AvgIpc) is 3.37. The standard InChI is InChI=1S/C31H33N5O5/c1-31(2,3)41-30(38)36-26(15-21-18-33-24-9-7-6-8-22(21)24)27(16-32)35-25-12-10-19(14-23(25)29(37)40-5)20-11-13-28(39-4)34-17-20/h6-14,17-18,26-27,33,35H,15H2,1-5H3,(H,36,38)/t26-,27?/m0/s1. The number of para-hydroxylation sites is 1. The van der Waals surface area contributed by atoms with Crippen LogP contribution in [0.4, 0.5) is 10.5 Å². The molecular weight excluding hydrogens is 522 g/mol. The van der Waals surface area contributed by atoms with Crippen LogP contribution in [0, 0.1) is 11.3 Å². The predicted molar refractivity (Wildman–Crippen MR) is 156 cm³/mol. The number of hydrogen-bond acceptors (Lipinski definition) is 8. The molecule has 1 amide bonds. The highest BCUT2D eigenvalue weighted by atomic mass is 16.6. The molecule has 0 aliphatic heterocycles. The van der Waals surface area contributed by atoms with Gasteiger partial charge in [-0.1, -0.05) is 24.3 Å². The van der Waals surface area contributed by atoms with Crippen LogP contribution >= 0.6 is 0 Å². The van der Waals surface area contributed by atoms with Crippen LogP contribution in [0.5, 0.6) is 5.88 Å². The number of ether oxygens (including phenoxy) is 3. The SMILES string of the molecule is COC(=O)c1cc(-c2ccc(OC)nc2)ccc1NC(C#N)[C@H](Cc1c[nH]c2ccccc12)NC(=O)OC(C)(C)C. The van der Waals surface area contributed by atoms with E-state index in [1.165, 1.54) is 14.2 Å². The van der Waals surface area contributed by atoms with Crippen molar-refractivity contribution in [1.29, 1.82) is 5.26 Å². The topological polar surface area (TPSA) is 138 Å². The number of nitrogens with one attached hydrogen (secondary N) is 3. The van der Waals surface area contributed by atoms with Gasteiger partial charge in [0.15, 0.2) is 0 Å². The molecule has 2 aromatic carbocycles. The molecule has 10 nitrogen and oxygen atoms in total. The Hall–Kier alpha value is -5.04. The molecule has 3 N–H and O–H groups in total. The van der Waals surface area contributed by atoms with E-state index in [1.807, 2.05) is 42.6 Å². The van der Waals surface area contributed by atoms with Gasteiger partial charge in [0.05, 0.1) is 31.9 Å². The first kappa shape index (κ1) is 29.0. The molecule has 0 spiro atoms. The molecule has 10 heteroatoms. The maximum Gasteiger partial charge on any atom is 0.407 e. The largest absolute Gasteiger partial charge is 0.481 e. The number of amides is 1. The van der Waals surface area contributed by atoms with Crippen LogP contribution in [0.25, 0.3) is 22.0 Å². The third-order valence-electron chi connectivity index (χ3n) is 6.37. The molecule has 212 valence electrons. The zero-order chi connectivity index (χ0) is 29.6. The first-order chi connectivity index (χ1) is 19.6. The summed E-state index contributed by atoms with van der Waals surface area (Å²) < 4.78 is 15.7. The third-order valence-corrected chi connectivity index (χ3v) is 6.37. The maximum atomic E-state index is 12.8. The minimum Gasteiger partial charge on any atom is -0.481 e. The molecule has 0 saturated carbocycles. The lowest BCUT2D eigenvalue weighted by atomic mass is 9.98. The van der Waals surface area contributed by atoms with Crippen molar-refractivity contribution in [2.24, 2.45) is 0 Å². The number of aromatic nitrogens is 2. The van der Waals surface area contributed by atoms with E-state index in [0.717, 1.165) is 27.6 Å². The molecule has 1 unspecified atom stereocenters. The maximum absolute atomic E-state index is 12.8. The minimum atomic E-state index is -0.937. The van der Waals surface area contributed by atoms with Crippen LogP contribution in [0.3, 0.4) is 0 Å². The Morgan fingerprint density at radius 2 is 1.83 bits per heavy atom. The number of pyridine rings is 1. The molecule has 41 heavy (non-hydrogen) atoms. The fraction of sp³-hybridized carbons (Fsp3) is 0.290. The van der Waals surface area contributed by atoms with E-state index in [-0.39, 0.29) is 5.56 Å². The fourth-order valence-electron chi connectivity index (χ4n) is 4.44. The van der Waals surface area contributed by atoms with Crippen molar-refractivity contribution in [3.05, 3.63) is 78.1 Å². The summed E-state index contributed by atoms with van der Waals surface area (Å²) in [6, 6.07) is 17.1. The number of rotatable bonds is 9. The monoisotopic (exact) mass is 555 g/mol. The van der Waals surface area contributed by atoms with Gasteiger partial charge >= 0.3 is 12.1 Å². The number of benzene rings is 2. The zero-order valence-corrected chi connectivity index (χ0v) is 23.6. The third kappa shape index (κ3) is 7.13. The molecule has 0 radical (unpaired) electrons. The summed E-state index contributed by atoms with van der Waals surface area (Å²) in [4.78, 5) is 33.1. The van der Waals surface area contributed by atoms with E-state index in [1.54, 1.807) is 45.2 Å². The molecule has 0 aliphatic rings. The van der Waals surface area contributed by atoms with Crippen LogP contribution in [0.1, 0.15) is 36.7 Å². The number of methoxy groups -OCH3 is 2. The first-order valence-corrected chi connectivity index (χ1v) is 13.0. The number of H-pyrrole nitrogens is 1. The van der Waals surface area contributed by atoms with Gasteiger partial charge in [0.2, 0.25) is 5.88 Å². The fourth-order valence-corrected chi connectivity index (χ4v) is 4.44. The second kappa shape index (κ2) is 12.4. The van der Waals surface area contributed by atoms with Crippen LogP contribution in [-0.2, 0) is 15.9 Å². The first-order valence-electron chi connectivity index (χ1n) is 13.0. The van der Waals surface area contributed by atoms with Gasteiger partial charge in [0.25, 0.3) is 0 Å². The highest BCUT2D eigenvalue weighted by Crippen LogP contribution is 2.28. The number of esters is 1. The van der Waals surface area contributed by atoms with Crippen LogP contribution in [-0.4, -0.2) is 53.9 Å². The van der Waals surface area contributed by atoms with Gasteiger partial charge < -0.3 is 29.8 Å². The van der Waals surface area contributed by atoms with Crippen molar-refractivity contribution in [2.45, 2.75) is 44.9 Å². The quantitative estimate of drug-likeness (QED) is 0.231. The lowest BCUT2D eigenvalue weighted by Crippen LogP contribution is -2.49. The summed E-state index contributed by atoms with van der Waals surface area (Å²) in [5, 5.41) is 17.3. The highest BCUT2D eigenvalue weighted by molar-refractivity contribution is 5.97. The van der Waals surface area contributed by atoms with E-state index in [9.17, 15) is 14.9 Å². The lowest BCUT2D eigenvalue weighted by Gasteiger charge is -2.27. The smallest absolute Gasteiger partial charge is 0.407 e. The van der Waals surface area contributed by atoms with E-state index < -0.39 is 29.7 Å². The van der Waals surface area contributed by atoms with Crippen molar-refractivity contribution in [2.75, 3.05) is 19.5 Å². The predicted octanol–water partition coefficient (Wildman–Crippen LogP) is 5.47. The molecule has 4 rings (SSSR count). The normalized spacial score (nSPS) is 12.6. The summed E-state index contributed by atoms with van der Waals surface area (Å²) in [5.74, 6) is -0.114. The molecule has 0 saturated heterocycles. The summed E-state index contributed by atoms with van der Waals surface area (Å²) >= 11 is 0. The Morgan fingerprint density at radius 1 is 1.07 bits per heavy atom. The summed E-state index contributed by atoms with van der Waals surface area (Å²) in [5.41, 5.74) is 3.23. The Balaban J connectivity index is 1.67. The van der Waals surface area contributed by atoms with E-state index >= 15 is 0 Å². The van der Waals surface area contributed by atoms with E-state index in [0.29, 0.717) is 18.0 Å². The summed E-state index contributed by atoms with van der Waals surface area (Å²) in [6.45, 7) is 5.30. The van der Waals surface area contributed by atoms with Crippen LogP contribution < -0.4 is 15.4 Å². The van der Waals surface area contributed by atoms with Gasteiger partial charge in [-0.25, -0.2) is 14.6 Å². The molecular formula is C31H33N5O5. The van der Waals surface area contributed by atoms with Gasteiger partial charge in [0, 0.05) is 40.6 Å². The number of nitriles is 1. The average molecular weight is 556 g/mol. The van der Waals surface area contributed by atoms with E-state index in [2.05, 4.69) is 26.7 Å². The highest BCUT2D eigenvalue weighted by Gasteiger charge is 2.28. The number of carbonyl (C=O) groups excluding carboxylic acids is 2. The molecule has 0 bridgehead atoms. The summed E-state index contributed by atoms with van der Waals surface area (Å²) in [7, 11) is 2.83. The minimum absolute atomic E-state index is 0.226. The molecule has 2 aromatic heterocycles. The Kier molecular flexibility index (Phi) is 8.78. The number of hydrogen-bond donors (Lipinski definition) is 3. The lowest BCUT2D eigenvalue weighted by molar-refractivity contribution is 0.0501. The molecule has 2 heterocycles. The number of nitrogens with zero attached hydrogens (tertiary/aromatic N) is 2. The van der Waals surface area contributed by atoms with Gasteiger partial charge in [-0.3, -0.25) is 0 Å². The van der Waals surface area contributed by atoms with Crippen molar-refractivity contribution < 1.29 is 23.8 Å². The Labute approximate surface area is 238 Å². The molecule has 2 atom stereocenters. The number of carbonyl (C=O) groups is 2. The van der Waals surface area contributed by atoms with Crippen molar-refractivity contribution in [3.8, 4) is 23.1 Å². The molecule has 0 fully saturated rings. The van der Waals surface area contributed by atoms with Crippen molar-refractivity contribution >= 4 is 28.7 Å². The number of fused-ring (bicyclic) bond motifs is 1.